The number of hydrogen-bond acceptors (Lipinski definition) is 2. The summed E-state index contributed by atoms with van der Waals surface area (Å²) in [5, 5.41) is 3.41. The topological polar surface area (TPSA) is 29.1 Å². The van der Waals surface area contributed by atoms with Gasteiger partial charge in [-0.1, -0.05) is 24.3 Å². The zero-order valence-corrected chi connectivity index (χ0v) is 11.1. The third kappa shape index (κ3) is 1.81. The first kappa shape index (κ1) is 11.3. The van der Waals surface area contributed by atoms with Crippen molar-refractivity contribution in [2.75, 3.05) is 6.54 Å². The van der Waals surface area contributed by atoms with Crippen molar-refractivity contribution < 1.29 is 4.79 Å². The Morgan fingerprint density at radius 1 is 1.26 bits per heavy atom. The third-order valence-electron chi connectivity index (χ3n) is 4.93. The minimum Gasteiger partial charge on any atom is -0.384 e. The van der Waals surface area contributed by atoms with E-state index in [1.54, 1.807) is 0 Å². The van der Waals surface area contributed by atoms with E-state index < -0.39 is 0 Å². The summed E-state index contributed by atoms with van der Waals surface area (Å²) in [6.45, 7) is 0.937. The molecule has 2 heteroatoms. The molecule has 0 aromatic heterocycles. The number of carbonyl (C=O) groups is 1. The second-order valence-corrected chi connectivity index (χ2v) is 6.19. The molecule has 1 N–H and O–H groups in total. The first-order chi connectivity index (χ1) is 9.29. The highest BCUT2D eigenvalue weighted by molar-refractivity contribution is 6.02. The van der Waals surface area contributed by atoms with Gasteiger partial charge in [-0.2, -0.15) is 0 Å². The van der Waals surface area contributed by atoms with Crippen LogP contribution in [0.4, 0.5) is 0 Å². The smallest absolute Gasteiger partial charge is 0.164 e. The van der Waals surface area contributed by atoms with E-state index in [-0.39, 0.29) is 5.41 Å². The minimum atomic E-state index is 0.0427. The summed E-state index contributed by atoms with van der Waals surface area (Å²) in [5.74, 6) is 1.06. The van der Waals surface area contributed by atoms with Gasteiger partial charge >= 0.3 is 0 Å². The molecule has 4 rings (SSSR count). The second kappa shape index (κ2) is 3.96. The van der Waals surface area contributed by atoms with Crippen LogP contribution in [0.5, 0.6) is 0 Å². The molecule has 1 aromatic carbocycles. The summed E-state index contributed by atoms with van der Waals surface area (Å²) in [6.07, 6.45) is 7.69. The Balaban J connectivity index is 1.66. The zero-order valence-electron chi connectivity index (χ0n) is 11.1. The normalized spacial score (nSPS) is 25.6. The summed E-state index contributed by atoms with van der Waals surface area (Å²) >= 11 is 0. The predicted octanol–water partition coefficient (Wildman–Crippen LogP) is 2.93. The van der Waals surface area contributed by atoms with Crippen LogP contribution in [0.2, 0.25) is 0 Å². The molecule has 98 valence electrons. The molecule has 0 spiro atoms. The fraction of sp³-hybridized carbons (Fsp3) is 0.471. The van der Waals surface area contributed by atoms with Crippen LogP contribution in [0.15, 0.2) is 30.3 Å². The Morgan fingerprint density at radius 2 is 2.05 bits per heavy atom. The van der Waals surface area contributed by atoms with E-state index in [0.29, 0.717) is 11.7 Å². The van der Waals surface area contributed by atoms with E-state index in [4.69, 9.17) is 0 Å². The zero-order chi connectivity index (χ0) is 12.9. The Hall–Kier alpha value is -1.57. The summed E-state index contributed by atoms with van der Waals surface area (Å²) in [7, 11) is 0. The van der Waals surface area contributed by atoms with Crippen LogP contribution in [0.25, 0.3) is 5.70 Å². The molecule has 1 aromatic rings. The van der Waals surface area contributed by atoms with E-state index >= 15 is 0 Å². The van der Waals surface area contributed by atoms with Crippen LogP contribution in [-0.4, -0.2) is 12.3 Å². The lowest BCUT2D eigenvalue weighted by Gasteiger charge is -2.21. The number of fused-ring (bicyclic) bond motifs is 1. The van der Waals surface area contributed by atoms with Gasteiger partial charge in [-0.05, 0) is 43.6 Å². The highest BCUT2D eigenvalue weighted by Crippen LogP contribution is 2.62. The van der Waals surface area contributed by atoms with E-state index in [9.17, 15) is 4.79 Å². The molecule has 0 bridgehead atoms. The number of nitrogens with one attached hydrogen (secondary N) is 1. The molecule has 2 saturated carbocycles. The van der Waals surface area contributed by atoms with Crippen molar-refractivity contribution in [1.29, 1.82) is 0 Å². The molecule has 2 aliphatic carbocycles. The lowest BCUT2D eigenvalue weighted by molar-refractivity contribution is -0.120. The fourth-order valence-electron chi connectivity index (χ4n) is 3.46. The number of hydrogen-bond donors (Lipinski definition) is 1. The van der Waals surface area contributed by atoms with Gasteiger partial charge in [0.25, 0.3) is 0 Å². The molecular weight excluding hydrogens is 234 g/mol. The Bertz CT molecular complexity index is 564. The van der Waals surface area contributed by atoms with Crippen molar-refractivity contribution >= 4 is 11.5 Å². The fourth-order valence-corrected chi connectivity index (χ4v) is 3.46. The number of carbonyl (C=O) groups excluding carboxylic acids is 1. The van der Waals surface area contributed by atoms with Crippen LogP contribution in [0.1, 0.15) is 36.8 Å². The summed E-state index contributed by atoms with van der Waals surface area (Å²) in [6, 6.07) is 8.42. The highest BCUT2D eigenvalue weighted by atomic mass is 16.1. The first-order valence-corrected chi connectivity index (χ1v) is 7.38. The van der Waals surface area contributed by atoms with Gasteiger partial charge in [-0.3, -0.25) is 4.79 Å². The Morgan fingerprint density at radius 3 is 2.79 bits per heavy atom. The molecule has 2 fully saturated rings. The van der Waals surface area contributed by atoms with Crippen LogP contribution in [0.3, 0.4) is 0 Å². The van der Waals surface area contributed by atoms with Crippen molar-refractivity contribution in [3.8, 4) is 0 Å². The average Bonchev–Trinajstić information content (AvgIpc) is 3.29. The summed E-state index contributed by atoms with van der Waals surface area (Å²) in [4.78, 5) is 12.6. The monoisotopic (exact) mass is 253 g/mol. The largest absolute Gasteiger partial charge is 0.384 e. The molecule has 3 aliphatic rings. The van der Waals surface area contributed by atoms with Gasteiger partial charge in [-0.25, -0.2) is 0 Å². The van der Waals surface area contributed by atoms with E-state index in [1.165, 1.54) is 24.0 Å². The van der Waals surface area contributed by atoms with E-state index in [1.807, 2.05) is 6.08 Å². The van der Waals surface area contributed by atoms with Gasteiger partial charge in [-0.15, -0.1) is 0 Å². The highest BCUT2D eigenvalue weighted by Gasteiger charge is 2.58. The van der Waals surface area contributed by atoms with Crippen molar-refractivity contribution in [1.82, 2.24) is 5.32 Å². The predicted molar refractivity (Wildman–Crippen MR) is 75.5 cm³/mol. The number of benzene rings is 1. The first-order valence-electron chi connectivity index (χ1n) is 7.38. The van der Waals surface area contributed by atoms with Crippen molar-refractivity contribution in [2.45, 2.75) is 32.1 Å². The maximum absolute atomic E-state index is 12.6. The van der Waals surface area contributed by atoms with Gasteiger partial charge in [0.05, 0.1) is 0 Å². The molecule has 0 radical (unpaired) electrons. The molecule has 0 amide bonds. The third-order valence-corrected chi connectivity index (χ3v) is 4.93. The van der Waals surface area contributed by atoms with Crippen LogP contribution >= 0.6 is 0 Å². The Kier molecular flexibility index (Phi) is 2.35. The number of allylic oxidation sites excluding steroid dienone is 1. The number of ketones is 1. The Labute approximate surface area is 113 Å². The maximum Gasteiger partial charge on any atom is 0.164 e. The molecule has 2 nitrogen and oxygen atoms in total. The van der Waals surface area contributed by atoms with Gasteiger partial charge in [0.2, 0.25) is 0 Å². The molecule has 1 aliphatic heterocycles. The minimum absolute atomic E-state index is 0.0427. The molecule has 19 heavy (non-hydrogen) atoms. The SMILES string of the molecule is O=C(/C=C1\NCCc2ccccc21)C1(C2CC2)CC1. The van der Waals surface area contributed by atoms with Crippen molar-refractivity contribution in [2.24, 2.45) is 11.3 Å². The van der Waals surface area contributed by atoms with Crippen LogP contribution in [-0.2, 0) is 11.2 Å². The lowest BCUT2D eigenvalue weighted by Crippen LogP contribution is -2.25. The van der Waals surface area contributed by atoms with Gasteiger partial charge in [0.1, 0.15) is 0 Å². The van der Waals surface area contributed by atoms with E-state index in [2.05, 4.69) is 29.6 Å². The van der Waals surface area contributed by atoms with Gasteiger partial charge in [0, 0.05) is 29.3 Å². The van der Waals surface area contributed by atoms with Crippen LogP contribution in [0, 0.1) is 11.3 Å². The quantitative estimate of drug-likeness (QED) is 0.839. The van der Waals surface area contributed by atoms with Gasteiger partial charge < -0.3 is 5.32 Å². The molecule has 1 heterocycles. The molecule has 0 saturated heterocycles. The number of rotatable bonds is 3. The molecule has 0 atom stereocenters. The van der Waals surface area contributed by atoms with Crippen LogP contribution < -0.4 is 5.32 Å². The standard InChI is InChI=1S/C17H19NO/c19-16(17(8-9-17)13-5-6-13)11-15-14-4-2-1-3-12(14)7-10-18-15/h1-4,11,13,18H,5-10H2/b15-11-. The molecule has 0 unspecified atom stereocenters. The van der Waals surface area contributed by atoms with E-state index in [0.717, 1.165) is 31.5 Å². The van der Waals surface area contributed by atoms with Crippen molar-refractivity contribution in [3.05, 3.63) is 41.5 Å². The maximum atomic E-state index is 12.6. The summed E-state index contributed by atoms with van der Waals surface area (Å²) < 4.78 is 0. The lowest BCUT2D eigenvalue weighted by atomic mass is 9.91. The van der Waals surface area contributed by atoms with Crippen molar-refractivity contribution in [3.63, 3.8) is 0 Å². The average molecular weight is 253 g/mol. The summed E-state index contributed by atoms with van der Waals surface area (Å²) in [5.41, 5.74) is 3.66. The van der Waals surface area contributed by atoms with Gasteiger partial charge in [0.15, 0.2) is 5.78 Å². The molecular formula is C17H19NO. The second-order valence-electron chi connectivity index (χ2n) is 6.19.